The molecule has 0 saturated carbocycles. The highest BCUT2D eigenvalue weighted by atomic mass is 19.1. The Kier molecular flexibility index (Phi) is 17.8. The van der Waals surface area contributed by atoms with Crippen molar-refractivity contribution < 1.29 is 4.39 Å². The molecule has 2 aromatic rings. The molecular formula is C27H42FN. The molecule has 1 nitrogen and oxygen atoms in total. The van der Waals surface area contributed by atoms with Crippen molar-refractivity contribution in [3.63, 3.8) is 0 Å². The minimum Gasteiger partial charge on any atom is -0.256 e. The van der Waals surface area contributed by atoms with Crippen molar-refractivity contribution in [2.45, 2.75) is 81.6 Å². The molecule has 0 aliphatic carbocycles. The number of allylic oxidation sites excluding steroid dienone is 2. The summed E-state index contributed by atoms with van der Waals surface area (Å²) in [6.07, 6.45) is 9.22. The van der Waals surface area contributed by atoms with Gasteiger partial charge < -0.3 is 0 Å². The van der Waals surface area contributed by atoms with E-state index in [1.54, 1.807) is 18.3 Å². The van der Waals surface area contributed by atoms with E-state index in [-0.39, 0.29) is 5.82 Å². The topological polar surface area (TPSA) is 12.9 Å². The molecule has 1 aromatic carbocycles. The van der Waals surface area contributed by atoms with Gasteiger partial charge in [0.2, 0.25) is 0 Å². The first-order valence-corrected chi connectivity index (χ1v) is 10.7. The molecule has 0 saturated heterocycles. The number of benzene rings is 1. The van der Waals surface area contributed by atoms with E-state index in [0.29, 0.717) is 5.56 Å². The number of nitrogens with zero attached hydrogens (tertiary/aromatic N) is 1. The highest BCUT2D eigenvalue weighted by Crippen LogP contribution is 2.24. The normalized spacial score (nSPS) is 9.45. The van der Waals surface area contributed by atoms with Gasteiger partial charge in [0.15, 0.2) is 0 Å². The Morgan fingerprint density at radius 3 is 1.93 bits per heavy atom. The number of hydrogen-bond donors (Lipinski definition) is 0. The molecule has 0 spiro atoms. The summed E-state index contributed by atoms with van der Waals surface area (Å²) in [5, 5.41) is 0. The standard InChI is InChI=1S/C16H16FN.C5H10.2C3H8/c1-4-5-16-12(3)9-13(10-18-16)14-7-6-11(2)8-15(14)17;1-4-5(2)3;2*1-3-2/h4-10H,1-3H3;2,4H2,1,3H3;2*3H2,1-2H3/b5-4-;;;. The summed E-state index contributed by atoms with van der Waals surface area (Å²) >= 11 is 0. The highest BCUT2D eigenvalue weighted by molar-refractivity contribution is 5.66. The minimum absolute atomic E-state index is 0.199. The second-order valence-corrected chi connectivity index (χ2v) is 7.13. The van der Waals surface area contributed by atoms with Crippen molar-refractivity contribution in [2.75, 3.05) is 0 Å². The first-order valence-electron chi connectivity index (χ1n) is 10.7. The van der Waals surface area contributed by atoms with Gasteiger partial charge in [0.25, 0.3) is 0 Å². The summed E-state index contributed by atoms with van der Waals surface area (Å²) < 4.78 is 13.9. The van der Waals surface area contributed by atoms with Gasteiger partial charge >= 0.3 is 0 Å². The van der Waals surface area contributed by atoms with Crippen LogP contribution in [0.2, 0.25) is 0 Å². The van der Waals surface area contributed by atoms with Crippen LogP contribution in [0.1, 0.15) is 84.5 Å². The van der Waals surface area contributed by atoms with Crippen molar-refractivity contribution in [3.05, 3.63) is 71.3 Å². The number of aryl methyl sites for hydroxylation is 2. The fraction of sp³-hybridized carbons (Fsp3) is 0.444. The second kappa shape index (κ2) is 17.8. The number of halogens is 1. The van der Waals surface area contributed by atoms with Crippen LogP contribution >= 0.6 is 0 Å². The fourth-order valence-electron chi connectivity index (χ4n) is 1.92. The van der Waals surface area contributed by atoms with Gasteiger partial charge in [0.05, 0.1) is 5.69 Å². The first kappa shape index (κ1) is 29.0. The van der Waals surface area contributed by atoms with Gasteiger partial charge in [-0.2, -0.15) is 0 Å². The molecule has 0 N–H and O–H groups in total. The predicted molar refractivity (Wildman–Crippen MR) is 131 cm³/mol. The Bertz CT molecular complexity index is 727. The van der Waals surface area contributed by atoms with Crippen LogP contribution in [0, 0.1) is 19.7 Å². The van der Waals surface area contributed by atoms with E-state index in [9.17, 15) is 4.39 Å². The maximum absolute atomic E-state index is 13.9. The van der Waals surface area contributed by atoms with Crippen LogP contribution in [-0.4, -0.2) is 4.98 Å². The minimum atomic E-state index is -0.199. The van der Waals surface area contributed by atoms with Crippen molar-refractivity contribution >= 4 is 6.08 Å². The third-order valence-electron chi connectivity index (χ3n) is 3.48. The zero-order chi connectivity index (χ0) is 22.8. The number of aromatic nitrogens is 1. The maximum Gasteiger partial charge on any atom is 0.131 e. The number of pyridine rings is 1. The zero-order valence-corrected chi connectivity index (χ0v) is 20.2. The smallest absolute Gasteiger partial charge is 0.131 e. The summed E-state index contributed by atoms with van der Waals surface area (Å²) in [5.41, 5.74) is 5.57. The van der Waals surface area contributed by atoms with Gasteiger partial charge in [-0.25, -0.2) is 4.39 Å². The fourth-order valence-corrected chi connectivity index (χ4v) is 1.92. The molecule has 162 valence electrons. The van der Waals surface area contributed by atoms with Crippen molar-refractivity contribution in [1.29, 1.82) is 0 Å². The van der Waals surface area contributed by atoms with E-state index in [4.69, 9.17) is 0 Å². The van der Waals surface area contributed by atoms with Gasteiger partial charge in [0.1, 0.15) is 5.82 Å². The average Bonchev–Trinajstić information content (AvgIpc) is 2.65. The molecule has 1 aromatic heterocycles. The Morgan fingerprint density at radius 2 is 1.55 bits per heavy atom. The van der Waals surface area contributed by atoms with Gasteiger partial charge in [-0.15, -0.1) is 6.58 Å². The van der Waals surface area contributed by atoms with Gasteiger partial charge in [0, 0.05) is 17.3 Å². The molecule has 0 aliphatic rings. The summed E-state index contributed by atoms with van der Waals surface area (Å²) in [4.78, 5) is 4.35. The lowest BCUT2D eigenvalue weighted by Crippen LogP contribution is -1.91. The quantitative estimate of drug-likeness (QED) is 0.468. The molecule has 2 rings (SSSR count). The van der Waals surface area contributed by atoms with Crippen molar-refractivity contribution in [1.82, 2.24) is 4.98 Å². The Hall–Kier alpha value is -2.22. The average molecular weight is 400 g/mol. The first-order chi connectivity index (χ1) is 13.7. The largest absolute Gasteiger partial charge is 0.256 e. The van der Waals surface area contributed by atoms with Gasteiger partial charge in [-0.1, -0.05) is 71.2 Å². The van der Waals surface area contributed by atoms with Crippen LogP contribution in [0.5, 0.6) is 0 Å². The molecule has 29 heavy (non-hydrogen) atoms. The monoisotopic (exact) mass is 399 g/mol. The molecular weight excluding hydrogens is 357 g/mol. The second-order valence-electron chi connectivity index (χ2n) is 7.13. The molecule has 0 atom stereocenters. The van der Waals surface area contributed by atoms with E-state index in [1.165, 1.54) is 18.4 Å². The van der Waals surface area contributed by atoms with E-state index in [1.807, 2.05) is 52.0 Å². The van der Waals surface area contributed by atoms with Crippen LogP contribution in [0.15, 0.2) is 48.7 Å². The lowest BCUT2D eigenvalue weighted by molar-refractivity contribution is 0.630. The highest BCUT2D eigenvalue weighted by Gasteiger charge is 2.07. The van der Waals surface area contributed by atoms with Gasteiger partial charge in [-0.3, -0.25) is 4.98 Å². The molecule has 0 bridgehead atoms. The number of hydrogen-bond acceptors (Lipinski definition) is 1. The summed E-state index contributed by atoms with van der Waals surface area (Å²) in [6.45, 7) is 22.1. The Labute approximate surface area is 179 Å². The van der Waals surface area contributed by atoms with Crippen molar-refractivity contribution in [2.24, 2.45) is 0 Å². The van der Waals surface area contributed by atoms with E-state index < -0.39 is 0 Å². The third kappa shape index (κ3) is 13.6. The van der Waals surface area contributed by atoms with Crippen LogP contribution in [0.25, 0.3) is 17.2 Å². The van der Waals surface area contributed by atoms with E-state index >= 15 is 0 Å². The van der Waals surface area contributed by atoms with E-state index in [0.717, 1.165) is 28.8 Å². The van der Waals surface area contributed by atoms with Gasteiger partial charge in [-0.05, 0) is 63.5 Å². The Morgan fingerprint density at radius 1 is 1.03 bits per heavy atom. The third-order valence-corrected chi connectivity index (χ3v) is 3.48. The predicted octanol–water partition coefficient (Wildman–Crippen LogP) is 9.34. The molecule has 1 heterocycles. The van der Waals surface area contributed by atoms with Crippen LogP contribution in [0.4, 0.5) is 4.39 Å². The molecule has 0 fully saturated rings. The maximum atomic E-state index is 13.9. The number of rotatable bonds is 3. The Balaban J connectivity index is 0. The zero-order valence-electron chi connectivity index (χ0n) is 20.2. The summed E-state index contributed by atoms with van der Waals surface area (Å²) in [7, 11) is 0. The summed E-state index contributed by atoms with van der Waals surface area (Å²) in [5.74, 6) is -0.199. The molecule has 0 unspecified atom stereocenters. The molecule has 0 amide bonds. The molecule has 0 radical (unpaired) electrons. The van der Waals surface area contributed by atoms with Crippen LogP contribution in [0.3, 0.4) is 0 Å². The van der Waals surface area contributed by atoms with Crippen LogP contribution < -0.4 is 0 Å². The lowest BCUT2D eigenvalue weighted by atomic mass is 10.0. The van der Waals surface area contributed by atoms with Crippen molar-refractivity contribution in [3.8, 4) is 11.1 Å². The molecule has 2 heteroatoms. The summed E-state index contributed by atoms with van der Waals surface area (Å²) in [6, 6.07) is 7.23. The van der Waals surface area contributed by atoms with E-state index in [2.05, 4.69) is 46.2 Å². The molecule has 0 aliphatic heterocycles. The SMILES string of the molecule is C/C=C\c1ncc(-c2ccc(C)cc2F)cc1C.C=C(C)CC.CCC.CCC. The lowest BCUT2D eigenvalue weighted by Gasteiger charge is -2.07. The van der Waals surface area contributed by atoms with Crippen LogP contribution in [-0.2, 0) is 0 Å².